The van der Waals surface area contributed by atoms with E-state index in [9.17, 15) is 35.4 Å². The number of esters is 1. The van der Waals surface area contributed by atoms with Crippen LogP contribution in [0.5, 0.6) is 0 Å². The Hall–Kier alpha value is -1.31. The average Bonchev–Trinajstić information content (AvgIpc) is 2.81. The van der Waals surface area contributed by atoms with Crippen molar-refractivity contribution in [1.82, 2.24) is 0 Å². The van der Waals surface area contributed by atoms with Crippen molar-refractivity contribution in [3.63, 3.8) is 0 Å². The molecule has 2 fully saturated rings. The Balaban J connectivity index is 1.87. The lowest BCUT2D eigenvalue weighted by Crippen LogP contribution is -2.62. The van der Waals surface area contributed by atoms with Crippen molar-refractivity contribution >= 4 is 5.97 Å². The fourth-order valence-corrected chi connectivity index (χ4v) is 4.25. The number of fused-ring (bicyclic) bond motifs is 1. The SMILES string of the molecule is CC(=O)O[C@@]1(C)CC(O)[C@]2(O)C=COC(OC3OC(CO)C(O)C(O)C3O)[C@H]21. The monoisotopic (exact) mass is 406 g/mol. The summed E-state index contributed by atoms with van der Waals surface area (Å²) in [5.41, 5.74) is -3.22. The lowest BCUT2D eigenvalue weighted by atomic mass is 9.81. The molecule has 0 aromatic rings. The van der Waals surface area contributed by atoms with E-state index in [1.807, 2.05) is 0 Å². The van der Waals surface area contributed by atoms with Gasteiger partial charge in [-0.25, -0.2) is 0 Å². The highest BCUT2D eigenvalue weighted by Gasteiger charge is 2.66. The first kappa shape index (κ1) is 21.4. The highest BCUT2D eigenvalue weighted by atomic mass is 16.8. The number of ether oxygens (including phenoxy) is 4. The molecule has 28 heavy (non-hydrogen) atoms. The van der Waals surface area contributed by atoms with Crippen LogP contribution in [0.25, 0.3) is 0 Å². The maximum atomic E-state index is 11.6. The highest BCUT2D eigenvalue weighted by molar-refractivity contribution is 5.66. The highest BCUT2D eigenvalue weighted by Crippen LogP contribution is 2.51. The van der Waals surface area contributed by atoms with E-state index in [-0.39, 0.29) is 6.42 Å². The minimum atomic E-state index is -1.85. The van der Waals surface area contributed by atoms with Crippen molar-refractivity contribution < 1.29 is 54.4 Å². The molecule has 11 nitrogen and oxygen atoms in total. The maximum Gasteiger partial charge on any atom is 0.303 e. The smallest absolute Gasteiger partial charge is 0.303 e. The van der Waals surface area contributed by atoms with Crippen molar-refractivity contribution in [2.75, 3.05) is 6.61 Å². The normalized spacial score (nSPS) is 50.7. The van der Waals surface area contributed by atoms with Gasteiger partial charge in [0.05, 0.1) is 24.9 Å². The van der Waals surface area contributed by atoms with Gasteiger partial charge in [0.1, 0.15) is 35.6 Å². The molecule has 0 bridgehead atoms. The molecule has 2 aliphatic heterocycles. The van der Waals surface area contributed by atoms with Crippen LogP contribution in [0.1, 0.15) is 20.3 Å². The van der Waals surface area contributed by atoms with Crippen LogP contribution in [-0.2, 0) is 23.7 Å². The topological polar surface area (TPSA) is 175 Å². The summed E-state index contributed by atoms with van der Waals surface area (Å²) in [5, 5.41) is 60.6. The Morgan fingerprint density at radius 1 is 1.18 bits per heavy atom. The van der Waals surface area contributed by atoms with E-state index in [2.05, 4.69) is 0 Å². The number of aliphatic hydroxyl groups excluding tert-OH is 5. The molecule has 1 aliphatic carbocycles. The van der Waals surface area contributed by atoms with Crippen molar-refractivity contribution in [2.24, 2.45) is 5.92 Å². The molecule has 0 aromatic heterocycles. The van der Waals surface area contributed by atoms with Crippen LogP contribution in [0, 0.1) is 5.92 Å². The van der Waals surface area contributed by atoms with Gasteiger partial charge in [0.25, 0.3) is 0 Å². The predicted molar refractivity (Wildman–Crippen MR) is 88.1 cm³/mol. The van der Waals surface area contributed by atoms with E-state index in [0.717, 1.165) is 6.26 Å². The quantitative estimate of drug-likeness (QED) is 0.264. The van der Waals surface area contributed by atoms with E-state index in [0.29, 0.717) is 0 Å². The van der Waals surface area contributed by atoms with E-state index >= 15 is 0 Å². The van der Waals surface area contributed by atoms with Gasteiger partial charge in [-0.1, -0.05) is 0 Å². The maximum absolute atomic E-state index is 11.6. The molecule has 7 unspecified atom stereocenters. The third kappa shape index (κ3) is 3.42. The van der Waals surface area contributed by atoms with Crippen LogP contribution in [0.2, 0.25) is 0 Å². The number of rotatable bonds is 4. The molecule has 1 saturated carbocycles. The summed E-state index contributed by atoms with van der Waals surface area (Å²) in [6.07, 6.45) is -8.06. The molecule has 3 rings (SSSR count). The van der Waals surface area contributed by atoms with Crippen LogP contribution in [0.15, 0.2) is 12.3 Å². The molecule has 6 N–H and O–H groups in total. The molecule has 160 valence electrons. The summed E-state index contributed by atoms with van der Waals surface area (Å²) in [7, 11) is 0. The second-order valence-corrected chi connectivity index (χ2v) is 7.63. The number of aliphatic hydroxyl groups is 6. The third-order valence-electron chi connectivity index (χ3n) is 5.60. The number of carbonyl (C=O) groups excluding carboxylic acids is 1. The lowest BCUT2D eigenvalue weighted by Gasteiger charge is -2.45. The summed E-state index contributed by atoms with van der Waals surface area (Å²) in [5.74, 6) is -1.74. The van der Waals surface area contributed by atoms with Gasteiger partial charge in [-0.15, -0.1) is 0 Å². The van der Waals surface area contributed by atoms with Gasteiger partial charge in [0.2, 0.25) is 6.29 Å². The molecule has 1 saturated heterocycles. The predicted octanol–water partition coefficient (Wildman–Crippen LogP) is -2.89. The number of hydrogen-bond donors (Lipinski definition) is 6. The zero-order valence-corrected chi connectivity index (χ0v) is 15.4. The summed E-state index contributed by atoms with van der Waals surface area (Å²) < 4.78 is 21.7. The molecule has 2 heterocycles. The molecular formula is C17H26O11. The number of carbonyl (C=O) groups is 1. The zero-order valence-electron chi connectivity index (χ0n) is 15.4. The molecule has 10 atom stereocenters. The van der Waals surface area contributed by atoms with Crippen molar-refractivity contribution in [2.45, 2.75) is 74.6 Å². The minimum absolute atomic E-state index is 0.101. The summed E-state index contributed by atoms with van der Waals surface area (Å²) in [4.78, 5) is 11.6. The van der Waals surface area contributed by atoms with E-state index in [1.54, 1.807) is 0 Å². The van der Waals surface area contributed by atoms with Gasteiger partial charge in [-0.2, -0.15) is 0 Å². The molecule has 11 heteroatoms. The van der Waals surface area contributed by atoms with E-state index < -0.39 is 72.8 Å². The van der Waals surface area contributed by atoms with Gasteiger partial charge >= 0.3 is 5.97 Å². The van der Waals surface area contributed by atoms with Crippen LogP contribution in [-0.4, -0.2) is 97.5 Å². The van der Waals surface area contributed by atoms with Gasteiger partial charge in [-0.3, -0.25) is 4.79 Å². The first-order valence-electron chi connectivity index (χ1n) is 8.92. The molecular weight excluding hydrogens is 380 g/mol. The van der Waals surface area contributed by atoms with E-state index in [4.69, 9.17) is 18.9 Å². The standard InChI is InChI=1S/C17H26O11/c1-7(19)28-16(2)5-9(20)17(24)3-4-25-15(13(16)17)27-14-12(23)11(22)10(21)8(6-18)26-14/h3-4,8-15,18,20-24H,5-6H2,1-2H3/t8?,9?,10?,11?,12?,13-,14?,15?,16-,17+/m0/s1. The van der Waals surface area contributed by atoms with Crippen molar-refractivity contribution in [1.29, 1.82) is 0 Å². The minimum Gasteiger partial charge on any atom is -0.472 e. The first-order chi connectivity index (χ1) is 13.0. The number of hydrogen-bond acceptors (Lipinski definition) is 11. The largest absolute Gasteiger partial charge is 0.472 e. The summed E-state index contributed by atoms with van der Waals surface area (Å²) in [6, 6.07) is 0. The Labute approximate surface area is 160 Å². The average molecular weight is 406 g/mol. The summed E-state index contributed by atoms with van der Waals surface area (Å²) in [6.45, 7) is 2.04. The van der Waals surface area contributed by atoms with Crippen LogP contribution < -0.4 is 0 Å². The van der Waals surface area contributed by atoms with Crippen LogP contribution in [0.3, 0.4) is 0 Å². The lowest BCUT2D eigenvalue weighted by molar-refractivity contribution is -0.351. The fourth-order valence-electron chi connectivity index (χ4n) is 4.25. The van der Waals surface area contributed by atoms with Crippen molar-refractivity contribution in [3.05, 3.63) is 12.3 Å². The molecule has 3 aliphatic rings. The van der Waals surface area contributed by atoms with Gasteiger partial charge in [0.15, 0.2) is 6.29 Å². The Bertz CT molecular complexity index is 624. The second kappa shape index (κ2) is 7.50. The third-order valence-corrected chi connectivity index (χ3v) is 5.60. The van der Waals surface area contributed by atoms with Crippen LogP contribution in [0.4, 0.5) is 0 Å². The molecule has 0 amide bonds. The van der Waals surface area contributed by atoms with Crippen LogP contribution >= 0.6 is 0 Å². The van der Waals surface area contributed by atoms with Gasteiger partial charge < -0.3 is 49.6 Å². The summed E-state index contributed by atoms with van der Waals surface area (Å²) >= 11 is 0. The zero-order chi connectivity index (χ0) is 20.9. The Kier molecular flexibility index (Phi) is 5.73. The first-order valence-corrected chi connectivity index (χ1v) is 8.92. The van der Waals surface area contributed by atoms with E-state index in [1.165, 1.54) is 19.9 Å². The molecule has 0 radical (unpaired) electrons. The second-order valence-electron chi connectivity index (χ2n) is 7.63. The molecule has 0 spiro atoms. The van der Waals surface area contributed by atoms with Gasteiger partial charge in [-0.05, 0) is 13.0 Å². The Morgan fingerprint density at radius 3 is 2.46 bits per heavy atom. The van der Waals surface area contributed by atoms with Gasteiger partial charge in [0, 0.05) is 13.3 Å². The van der Waals surface area contributed by atoms with Crippen molar-refractivity contribution in [3.8, 4) is 0 Å². The fraction of sp³-hybridized carbons (Fsp3) is 0.824. The Morgan fingerprint density at radius 2 is 1.86 bits per heavy atom. The molecule has 0 aromatic carbocycles.